The summed E-state index contributed by atoms with van der Waals surface area (Å²) in [5, 5.41) is 0.924. The Balaban J connectivity index is 1.56. The van der Waals surface area contributed by atoms with Crippen LogP contribution in [0.25, 0.3) is 0 Å². The zero-order chi connectivity index (χ0) is 15.6. The van der Waals surface area contributed by atoms with Gasteiger partial charge in [0, 0.05) is 37.9 Å². The Kier molecular flexibility index (Phi) is 4.77. The zero-order valence-electron chi connectivity index (χ0n) is 13.1. The largest absolute Gasteiger partial charge is 0.378 e. The van der Waals surface area contributed by atoms with Gasteiger partial charge in [-0.3, -0.25) is 4.79 Å². The van der Waals surface area contributed by atoms with E-state index in [4.69, 9.17) is 14.2 Å². The molecule has 0 N–H and O–H groups in total. The number of carbonyl (C=O) groups excluding carboxylic acids is 1. The van der Waals surface area contributed by atoms with E-state index in [0.29, 0.717) is 39.3 Å². The van der Waals surface area contributed by atoms with E-state index < -0.39 is 5.79 Å². The molecule has 22 heavy (non-hydrogen) atoms. The molecule has 0 radical (unpaired) electrons. The normalized spacial score (nSPS) is 20.7. The van der Waals surface area contributed by atoms with Crippen LogP contribution in [0.1, 0.15) is 28.4 Å². The first-order valence-electron chi connectivity index (χ1n) is 7.62. The van der Waals surface area contributed by atoms with E-state index in [1.165, 1.54) is 0 Å². The van der Waals surface area contributed by atoms with E-state index >= 15 is 0 Å². The average molecular weight is 326 g/mol. The molecule has 6 nitrogen and oxygen atoms in total. The number of ether oxygens (including phenoxy) is 3. The Morgan fingerprint density at radius 1 is 1.36 bits per heavy atom. The number of likely N-dealkylation sites (tertiary alicyclic amines) is 1. The highest BCUT2D eigenvalue weighted by Gasteiger charge is 2.40. The lowest BCUT2D eigenvalue weighted by Gasteiger charge is -2.37. The molecule has 3 rings (SSSR count). The molecule has 2 fully saturated rings. The first-order chi connectivity index (χ1) is 10.6. The van der Waals surface area contributed by atoms with Crippen molar-refractivity contribution in [1.82, 2.24) is 9.88 Å². The lowest BCUT2D eigenvalue weighted by atomic mass is 10.0. The van der Waals surface area contributed by atoms with Crippen LogP contribution in [0.2, 0.25) is 0 Å². The van der Waals surface area contributed by atoms with Crippen LogP contribution in [0.3, 0.4) is 0 Å². The number of hydrogen-bond acceptors (Lipinski definition) is 6. The fourth-order valence-corrected chi connectivity index (χ4v) is 4.00. The van der Waals surface area contributed by atoms with Gasteiger partial charge in [-0.25, -0.2) is 4.98 Å². The van der Waals surface area contributed by atoms with Crippen molar-refractivity contribution < 1.29 is 19.0 Å². The predicted molar refractivity (Wildman–Crippen MR) is 81.7 cm³/mol. The van der Waals surface area contributed by atoms with Crippen molar-refractivity contribution in [3.63, 3.8) is 0 Å². The van der Waals surface area contributed by atoms with Crippen molar-refractivity contribution in [2.75, 3.05) is 33.4 Å². The van der Waals surface area contributed by atoms with E-state index in [1.54, 1.807) is 18.4 Å². The lowest BCUT2D eigenvalue weighted by Crippen LogP contribution is -2.47. The second-order valence-corrected chi connectivity index (χ2v) is 6.88. The Labute approximate surface area is 134 Å². The third-order valence-corrected chi connectivity index (χ3v) is 5.34. The number of hydrogen-bond donors (Lipinski definition) is 0. The minimum Gasteiger partial charge on any atom is -0.378 e. The van der Waals surface area contributed by atoms with Gasteiger partial charge in [-0.15, -0.1) is 11.3 Å². The lowest BCUT2D eigenvalue weighted by molar-refractivity contribution is -0.187. The van der Waals surface area contributed by atoms with E-state index in [1.807, 2.05) is 11.8 Å². The van der Waals surface area contributed by atoms with Crippen molar-refractivity contribution in [3.8, 4) is 0 Å². The number of nitrogens with zero attached hydrogens (tertiary/aromatic N) is 2. The van der Waals surface area contributed by atoms with E-state index in [-0.39, 0.29) is 5.91 Å². The van der Waals surface area contributed by atoms with Crippen molar-refractivity contribution in [2.24, 2.45) is 0 Å². The summed E-state index contributed by atoms with van der Waals surface area (Å²) < 4.78 is 16.5. The SMILES string of the molecule is COCc1nc(C)c(CC(=O)N2CCC3(CC2)OCCO3)s1. The fraction of sp³-hybridized carbons (Fsp3) is 0.733. The molecule has 2 aliphatic heterocycles. The molecule has 1 aromatic heterocycles. The standard InChI is InChI=1S/C15H22N2O4S/c1-11-12(22-13(16-11)10-19-2)9-14(18)17-5-3-15(4-6-17)20-7-8-21-15/h3-10H2,1-2H3. The summed E-state index contributed by atoms with van der Waals surface area (Å²) >= 11 is 1.56. The second kappa shape index (κ2) is 6.62. The fourth-order valence-electron chi connectivity index (χ4n) is 2.97. The van der Waals surface area contributed by atoms with E-state index in [2.05, 4.69) is 4.98 Å². The van der Waals surface area contributed by atoms with Gasteiger partial charge >= 0.3 is 0 Å². The first kappa shape index (κ1) is 15.9. The minimum absolute atomic E-state index is 0.156. The van der Waals surface area contributed by atoms with Crippen LogP contribution >= 0.6 is 11.3 Å². The maximum Gasteiger partial charge on any atom is 0.227 e. The molecule has 1 aromatic rings. The molecular weight excluding hydrogens is 304 g/mol. The molecule has 0 saturated carbocycles. The zero-order valence-corrected chi connectivity index (χ0v) is 13.9. The third-order valence-electron chi connectivity index (χ3n) is 4.21. The number of methoxy groups -OCH3 is 1. The highest BCUT2D eigenvalue weighted by Crippen LogP contribution is 2.31. The quantitative estimate of drug-likeness (QED) is 0.839. The molecular formula is C15H22N2O4S. The predicted octanol–water partition coefficient (Wildman–Crippen LogP) is 1.51. The molecule has 122 valence electrons. The summed E-state index contributed by atoms with van der Waals surface area (Å²) in [5.41, 5.74) is 0.932. The van der Waals surface area contributed by atoms with Crippen LogP contribution in [0.15, 0.2) is 0 Å². The summed E-state index contributed by atoms with van der Waals surface area (Å²) in [6.45, 7) is 5.17. The molecule has 1 spiro atoms. The van der Waals surface area contributed by atoms with Crippen molar-refractivity contribution in [2.45, 2.75) is 38.6 Å². The molecule has 1 amide bonds. The summed E-state index contributed by atoms with van der Waals surface area (Å²) in [4.78, 5) is 19.9. The molecule has 0 unspecified atom stereocenters. The van der Waals surface area contributed by atoms with Crippen LogP contribution in [-0.2, 0) is 32.0 Å². The van der Waals surface area contributed by atoms with Gasteiger partial charge in [-0.1, -0.05) is 0 Å². The van der Waals surface area contributed by atoms with Crippen LogP contribution in [0, 0.1) is 6.92 Å². The van der Waals surface area contributed by atoms with Gasteiger partial charge in [-0.05, 0) is 6.92 Å². The van der Waals surface area contributed by atoms with E-state index in [0.717, 1.165) is 28.4 Å². The number of aromatic nitrogens is 1. The maximum atomic E-state index is 12.5. The molecule has 3 heterocycles. The minimum atomic E-state index is -0.428. The number of amides is 1. The van der Waals surface area contributed by atoms with Gasteiger partial charge in [0.15, 0.2) is 5.79 Å². The Morgan fingerprint density at radius 2 is 2.05 bits per heavy atom. The van der Waals surface area contributed by atoms with Gasteiger partial charge in [0.05, 0.1) is 31.9 Å². The van der Waals surface area contributed by atoms with Gasteiger partial charge in [0.1, 0.15) is 5.01 Å². The van der Waals surface area contributed by atoms with Gasteiger partial charge in [-0.2, -0.15) is 0 Å². The number of thiazole rings is 1. The monoisotopic (exact) mass is 326 g/mol. The third kappa shape index (κ3) is 3.32. The smallest absolute Gasteiger partial charge is 0.227 e. The highest BCUT2D eigenvalue weighted by atomic mass is 32.1. The molecule has 7 heteroatoms. The topological polar surface area (TPSA) is 60.9 Å². The molecule has 2 saturated heterocycles. The summed E-state index contributed by atoms with van der Waals surface area (Å²) in [6.07, 6.45) is 1.94. The Bertz CT molecular complexity index is 530. The number of rotatable bonds is 4. The summed E-state index contributed by atoms with van der Waals surface area (Å²) in [7, 11) is 1.65. The molecule has 0 aromatic carbocycles. The highest BCUT2D eigenvalue weighted by molar-refractivity contribution is 7.11. The van der Waals surface area contributed by atoms with Crippen LogP contribution in [-0.4, -0.2) is 55.0 Å². The Morgan fingerprint density at radius 3 is 2.68 bits per heavy atom. The van der Waals surface area contributed by atoms with Crippen LogP contribution < -0.4 is 0 Å². The van der Waals surface area contributed by atoms with Crippen LogP contribution in [0.5, 0.6) is 0 Å². The molecule has 0 aliphatic carbocycles. The average Bonchev–Trinajstić information content (AvgIpc) is 3.08. The number of aryl methyl sites for hydroxylation is 1. The first-order valence-corrected chi connectivity index (χ1v) is 8.43. The Hall–Kier alpha value is -1.02. The summed E-state index contributed by atoms with van der Waals surface area (Å²) in [5.74, 6) is -0.272. The maximum absolute atomic E-state index is 12.5. The van der Waals surface area contributed by atoms with Gasteiger partial charge in [0.2, 0.25) is 5.91 Å². The molecule has 0 atom stereocenters. The van der Waals surface area contributed by atoms with Gasteiger partial charge in [0.25, 0.3) is 0 Å². The van der Waals surface area contributed by atoms with Crippen molar-refractivity contribution >= 4 is 17.2 Å². The van der Waals surface area contributed by atoms with Crippen molar-refractivity contribution in [1.29, 1.82) is 0 Å². The van der Waals surface area contributed by atoms with Crippen molar-refractivity contribution in [3.05, 3.63) is 15.6 Å². The molecule has 2 aliphatic rings. The molecule has 0 bridgehead atoms. The number of carbonyl (C=O) groups is 1. The van der Waals surface area contributed by atoms with E-state index in [9.17, 15) is 4.79 Å². The number of piperidine rings is 1. The van der Waals surface area contributed by atoms with Gasteiger partial charge < -0.3 is 19.1 Å². The summed E-state index contributed by atoms with van der Waals surface area (Å²) in [6, 6.07) is 0. The van der Waals surface area contributed by atoms with Crippen LogP contribution in [0.4, 0.5) is 0 Å². The second-order valence-electron chi connectivity index (χ2n) is 5.71.